The van der Waals surface area contributed by atoms with Crippen molar-refractivity contribution in [3.63, 3.8) is 0 Å². The molecule has 3 aromatic rings. The molecule has 5 rings (SSSR count). The Morgan fingerprint density at radius 3 is 2.26 bits per heavy atom. The van der Waals surface area contributed by atoms with Gasteiger partial charge in [0.2, 0.25) is 0 Å². The Labute approximate surface area is 257 Å². The van der Waals surface area contributed by atoms with Gasteiger partial charge in [-0.1, -0.05) is 91.6 Å². The number of thiocarbonyl (C=S) groups is 1. The summed E-state index contributed by atoms with van der Waals surface area (Å²) in [6.45, 7) is 6.49. The minimum absolute atomic E-state index is 0.125. The summed E-state index contributed by atoms with van der Waals surface area (Å²) in [5.74, 6) is 1.25. The van der Waals surface area contributed by atoms with Crippen molar-refractivity contribution in [3.05, 3.63) is 104 Å². The summed E-state index contributed by atoms with van der Waals surface area (Å²) in [5, 5.41) is 9.97. The van der Waals surface area contributed by atoms with Gasteiger partial charge in [0, 0.05) is 31.7 Å². The van der Waals surface area contributed by atoms with Gasteiger partial charge in [0.15, 0.2) is 0 Å². The highest BCUT2D eigenvalue weighted by Gasteiger charge is 2.33. The number of thioether (sulfide) groups is 1. The molecule has 42 heavy (non-hydrogen) atoms. The molecule has 2 fully saturated rings. The summed E-state index contributed by atoms with van der Waals surface area (Å²) in [4.78, 5) is 31.6. The van der Waals surface area contributed by atoms with E-state index >= 15 is 0 Å². The summed E-state index contributed by atoms with van der Waals surface area (Å²) in [6, 6.07) is 22.8. The van der Waals surface area contributed by atoms with Gasteiger partial charge in [-0.3, -0.25) is 19.1 Å². The van der Waals surface area contributed by atoms with Crippen LogP contribution in [0.25, 0.3) is 6.08 Å². The van der Waals surface area contributed by atoms with Gasteiger partial charge in [-0.15, -0.1) is 0 Å². The number of carbonyl (C=O) groups excluding carboxylic acids is 1. The van der Waals surface area contributed by atoms with Crippen LogP contribution in [-0.4, -0.2) is 39.3 Å². The van der Waals surface area contributed by atoms with Gasteiger partial charge in [0.1, 0.15) is 21.8 Å². The lowest BCUT2D eigenvalue weighted by Gasteiger charge is -2.36. The molecule has 2 saturated heterocycles. The van der Waals surface area contributed by atoms with Crippen molar-refractivity contribution >= 4 is 46.1 Å². The first kappa shape index (κ1) is 29.8. The number of hydrogen-bond donors (Lipinski definition) is 0. The van der Waals surface area contributed by atoms with Crippen LogP contribution < -0.4 is 10.5 Å². The normalized spacial score (nSPS) is 16.8. The zero-order chi connectivity index (χ0) is 29.6. The van der Waals surface area contributed by atoms with E-state index in [0.29, 0.717) is 40.2 Å². The highest BCUT2D eigenvalue weighted by Crippen LogP contribution is 2.37. The summed E-state index contributed by atoms with van der Waals surface area (Å²) in [5.41, 5.74) is 3.76. The molecule has 0 saturated carbocycles. The van der Waals surface area contributed by atoms with Crippen molar-refractivity contribution < 1.29 is 4.79 Å². The molecule has 3 heterocycles. The zero-order valence-electron chi connectivity index (χ0n) is 24.2. The van der Waals surface area contributed by atoms with Gasteiger partial charge >= 0.3 is 0 Å². The summed E-state index contributed by atoms with van der Waals surface area (Å²) >= 11 is 6.92. The largest absolute Gasteiger partial charge is 0.357 e. The number of nitriles is 1. The van der Waals surface area contributed by atoms with Gasteiger partial charge in [-0.05, 0) is 67.7 Å². The first-order chi connectivity index (χ1) is 20.4. The van der Waals surface area contributed by atoms with E-state index in [9.17, 15) is 14.9 Å². The third kappa shape index (κ3) is 6.38. The van der Waals surface area contributed by atoms with Crippen molar-refractivity contribution in [1.82, 2.24) is 9.47 Å². The Morgan fingerprint density at radius 2 is 1.64 bits per heavy atom. The highest BCUT2D eigenvalue weighted by atomic mass is 32.2. The molecule has 2 aliphatic heterocycles. The molecule has 0 N–H and O–H groups in total. The van der Waals surface area contributed by atoms with Crippen molar-refractivity contribution in [2.24, 2.45) is 5.92 Å². The molecule has 1 aromatic heterocycles. The van der Waals surface area contributed by atoms with Crippen molar-refractivity contribution in [1.29, 1.82) is 5.26 Å². The van der Waals surface area contributed by atoms with E-state index in [1.54, 1.807) is 9.47 Å². The van der Waals surface area contributed by atoms with Crippen LogP contribution in [-0.2, 0) is 24.2 Å². The van der Waals surface area contributed by atoms with E-state index in [1.165, 1.54) is 17.3 Å². The number of piperidine rings is 1. The van der Waals surface area contributed by atoms with E-state index < -0.39 is 0 Å². The predicted octanol–water partition coefficient (Wildman–Crippen LogP) is 6.34. The standard InChI is InChI=1S/C34H36N4O2S2/c1-3-17-37-31(36-18-14-27(15-19-36)21-26-12-8-5-9-13-26)28(24(2)29(23-35)32(37)39)22-30-33(40)38(34(41)42-30)20-16-25-10-6-4-7-11-25/h4-13,22,27H,3,14-21H2,1-2H3. The molecular weight excluding hydrogens is 561 g/mol. The lowest BCUT2D eigenvalue weighted by atomic mass is 9.90. The van der Waals surface area contributed by atoms with Gasteiger partial charge in [0.25, 0.3) is 11.5 Å². The Hall–Kier alpha value is -3.67. The number of hydrogen-bond acceptors (Lipinski definition) is 6. The second kappa shape index (κ2) is 13.5. The Bertz CT molecular complexity index is 1580. The first-order valence-electron chi connectivity index (χ1n) is 14.7. The predicted molar refractivity (Wildman–Crippen MR) is 176 cm³/mol. The molecule has 6 nitrogen and oxygen atoms in total. The monoisotopic (exact) mass is 596 g/mol. The fourth-order valence-electron chi connectivity index (χ4n) is 5.92. The third-order valence-electron chi connectivity index (χ3n) is 8.19. The van der Waals surface area contributed by atoms with Crippen LogP contribution >= 0.6 is 24.0 Å². The topological polar surface area (TPSA) is 69.3 Å². The number of rotatable bonds is 9. The van der Waals surface area contributed by atoms with Crippen LogP contribution in [0.2, 0.25) is 0 Å². The number of anilines is 1. The third-order valence-corrected chi connectivity index (χ3v) is 9.57. The van der Waals surface area contributed by atoms with E-state index in [2.05, 4.69) is 35.2 Å². The molecular formula is C34H36N4O2S2. The Kier molecular flexibility index (Phi) is 9.61. The number of nitrogens with zero attached hydrogens (tertiary/aromatic N) is 4. The quantitative estimate of drug-likeness (QED) is 0.212. The average molecular weight is 597 g/mol. The van der Waals surface area contributed by atoms with Crippen LogP contribution in [0, 0.1) is 24.2 Å². The van der Waals surface area contributed by atoms with E-state index in [0.717, 1.165) is 55.7 Å². The molecule has 0 spiro atoms. The number of amides is 1. The van der Waals surface area contributed by atoms with Crippen molar-refractivity contribution in [2.75, 3.05) is 24.5 Å². The fraction of sp³-hybridized carbons (Fsp3) is 0.353. The number of pyridine rings is 1. The smallest absolute Gasteiger partial charge is 0.270 e. The molecule has 2 aromatic carbocycles. The minimum Gasteiger partial charge on any atom is -0.357 e. The number of benzene rings is 2. The lowest BCUT2D eigenvalue weighted by molar-refractivity contribution is -0.122. The SMILES string of the molecule is CCCn1c(N2CCC(Cc3ccccc3)CC2)c(C=C2SC(=S)N(CCc3ccccc3)C2=O)c(C)c(C#N)c1=O. The first-order valence-corrected chi connectivity index (χ1v) is 15.9. The Balaban J connectivity index is 1.46. The van der Waals surface area contributed by atoms with Gasteiger partial charge in [-0.2, -0.15) is 5.26 Å². The highest BCUT2D eigenvalue weighted by molar-refractivity contribution is 8.26. The summed E-state index contributed by atoms with van der Waals surface area (Å²) in [6.07, 6.45) is 6.40. The zero-order valence-corrected chi connectivity index (χ0v) is 25.8. The molecule has 1 amide bonds. The lowest BCUT2D eigenvalue weighted by Crippen LogP contribution is -2.40. The molecule has 2 aliphatic rings. The summed E-state index contributed by atoms with van der Waals surface area (Å²) < 4.78 is 2.29. The van der Waals surface area contributed by atoms with Crippen LogP contribution in [0.15, 0.2) is 70.4 Å². The van der Waals surface area contributed by atoms with E-state index in [1.807, 2.05) is 56.3 Å². The second-order valence-electron chi connectivity index (χ2n) is 11.0. The molecule has 0 atom stereocenters. The molecule has 0 bridgehead atoms. The van der Waals surface area contributed by atoms with Crippen molar-refractivity contribution in [2.45, 2.75) is 52.5 Å². The van der Waals surface area contributed by atoms with E-state index in [4.69, 9.17) is 12.2 Å². The second-order valence-corrected chi connectivity index (χ2v) is 12.7. The minimum atomic E-state index is -0.259. The number of aromatic nitrogens is 1. The maximum Gasteiger partial charge on any atom is 0.270 e. The molecule has 8 heteroatoms. The van der Waals surface area contributed by atoms with Crippen LogP contribution in [0.1, 0.15) is 54.0 Å². The molecule has 0 radical (unpaired) electrons. The average Bonchev–Trinajstić information content (AvgIpc) is 3.27. The van der Waals surface area contributed by atoms with Crippen LogP contribution in [0.4, 0.5) is 5.82 Å². The summed E-state index contributed by atoms with van der Waals surface area (Å²) in [7, 11) is 0. The fourth-order valence-corrected chi connectivity index (χ4v) is 7.21. The van der Waals surface area contributed by atoms with Crippen LogP contribution in [0.5, 0.6) is 0 Å². The van der Waals surface area contributed by atoms with Gasteiger partial charge in [-0.25, -0.2) is 0 Å². The molecule has 216 valence electrons. The van der Waals surface area contributed by atoms with Crippen molar-refractivity contribution in [3.8, 4) is 6.07 Å². The maximum absolute atomic E-state index is 13.6. The molecule has 0 unspecified atom stereocenters. The maximum atomic E-state index is 13.6. The van der Waals surface area contributed by atoms with Gasteiger partial charge in [0.05, 0.1) is 4.91 Å². The van der Waals surface area contributed by atoms with E-state index in [-0.39, 0.29) is 17.0 Å². The van der Waals surface area contributed by atoms with Crippen LogP contribution in [0.3, 0.4) is 0 Å². The Morgan fingerprint density at radius 1 is 1.00 bits per heavy atom. The molecule has 0 aliphatic carbocycles. The van der Waals surface area contributed by atoms with Gasteiger partial charge < -0.3 is 4.90 Å². The number of carbonyl (C=O) groups is 1.